The van der Waals surface area contributed by atoms with Gasteiger partial charge in [-0.05, 0) is 24.1 Å². The van der Waals surface area contributed by atoms with Crippen LogP contribution in [0.1, 0.15) is 25.5 Å². The van der Waals surface area contributed by atoms with Crippen molar-refractivity contribution in [1.29, 1.82) is 0 Å². The molecule has 0 saturated heterocycles. The summed E-state index contributed by atoms with van der Waals surface area (Å²) in [6, 6.07) is 16.2. The van der Waals surface area contributed by atoms with Gasteiger partial charge in [0.25, 0.3) is 0 Å². The van der Waals surface area contributed by atoms with Crippen LogP contribution in [-0.2, 0) is 4.79 Å². The van der Waals surface area contributed by atoms with E-state index < -0.39 is 0 Å². The molecule has 0 aromatic heterocycles. The molecule has 2 aromatic rings. The third-order valence-electron chi connectivity index (χ3n) is 4.51. The summed E-state index contributed by atoms with van der Waals surface area (Å²) in [4.78, 5) is 14.0. The first-order chi connectivity index (χ1) is 11.5. The molecule has 0 aliphatic carbocycles. The van der Waals surface area contributed by atoms with Gasteiger partial charge >= 0.3 is 0 Å². The molecule has 2 aromatic carbocycles. The third kappa shape index (κ3) is 4.74. The van der Waals surface area contributed by atoms with Crippen LogP contribution in [0, 0.1) is 5.92 Å². The van der Waals surface area contributed by atoms with Gasteiger partial charge in [0.2, 0.25) is 5.91 Å². The molecule has 0 aliphatic heterocycles. The molecule has 4 nitrogen and oxygen atoms in total. The molecule has 0 radical (unpaired) electrons. The molecule has 2 rings (SSSR count). The monoisotopic (exact) mass is 362 g/mol. The van der Waals surface area contributed by atoms with Gasteiger partial charge in [0.1, 0.15) is 5.75 Å². The van der Waals surface area contributed by atoms with E-state index in [4.69, 9.17) is 10.5 Å². The quantitative estimate of drug-likeness (QED) is 0.847. The second kappa shape index (κ2) is 9.44. The van der Waals surface area contributed by atoms with Crippen LogP contribution in [0.5, 0.6) is 5.75 Å². The van der Waals surface area contributed by atoms with Crippen molar-refractivity contribution in [3.05, 3.63) is 54.1 Å². The molecule has 0 fully saturated rings. The molecule has 5 heteroatoms. The normalized spacial score (nSPS) is 12.7. The number of hydrogen-bond acceptors (Lipinski definition) is 3. The van der Waals surface area contributed by atoms with Crippen LogP contribution in [0.3, 0.4) is 0 Å². The highest BCUT2D eigenvalue weighted by Gasteiger charge is 2.21. The van der Waals surface area contributed by atoms with Crippen LogP contribution in [0.25, 0.3) is 11.1 Å². The minimum atomic E-state index is -0.162. The van der Waals surface area contributed by atoms with Crippen LogP contribution in [-0.4, -0.2) is 31.5 Å². The number of methoxy groups -OCH3 is 1. The van der Waals surface area contributed by atoms with Crippen LogP contribution in [0.2, 0.25) is 0 Å². The summed E-state index contributed by atoms with van der Waals surface area (Å²) in [5, 5.41) is 0. The molecule has 2 N–H and O–H groups in total. The maximum atomic E-state index is 12.3. The molecule has 0 aliphatic rings. The fraction of sp³-hybridized carbons (Fsp3) is 0.350. The van der Waals surface area contributed by atoms with E-state index in [1.807, 2.05) is 45.2 Å². The summed E-state index contributed by atoms with van der Waals surface area (Å²) in [7, 11) is 3.50. The van der Waals surface area contributed by atoms with Gasteiger partial charge in [0.05, 0.1) is 13.2 Å². The smallest absolute Gasteiger partial charge is 0.226 e. The Labute approximate surface area is 156 Å². The zero-order valence-corrected chi connectivity index (χ0v) is 16.0. The van der Waals surface area contributed by atoms with Crippen LogP contribution >= 0.6 is 12.4 Å². The number of nitrogens with two attached hydrogens (primary N) is 1. The highest BCUT2D eigenvalue weighted by atomic mass is 35.5. The van der Waals surface area contributed by atoms with E-state index in [-0.39, 0.29) is 30.3 Å². The Balaban J connectivity index is 0.00000312. The van der Waals surface area contributed by atoms with E-state index in [9.17, 15) is 4.79 Å². The molecule has 0 spiro atoms. The second-order valence-corrected chi connectivity index (χ2v) is 6.08. The van der Waals surface area contributed by atoms with Crippen molar-refractivity contribution in [1.82, 2.24) is 4.90 Å². The third-order valence-corrected chi connectivity index (χ3v) is 4.51. The number of nitrogens with zero attached hydrogens (tertiary/aromatic N) is 1. The van der Waals surface area contributed by atoms with Gasteiger partial charge in [-0.2, -0.15) is 0 Å². The average molecular weight is 363 g/mol. The minimum Gasteiger partial charge on any atom is -0.496 e. The summed E-state index contributed by atoms with van der Waals surface area (Å²) in [6.45, 7) is 4.25. The fourth-order valence-corrected chi connectivity index (χ4v) is 2.69. The number of carbonyl (C=O) groups is 1. The van der Waals surface area contributed by atoms with E-state index >= 15 is 0 Å². The topological polar surface area (TPSA) is 55.6 Å². The Morgan fingerprint density at radius 3 is 2.28 bits per heavy atom. The lowest BCUT2D eigenvalue weighted by molar-refractivity contribution is -0.135. The van der Waals surface area contributed by atoms with Gasteiger partial charge < -0.3 is 15.4 Å². The highest BCUT2D eigenvalue weighted by Crippen LogP contribution is 2.31. The molecule has 0 bridgehead atoms. The van der Waals surface area contributed by atoms with Gasteiger partial charge in [-0.1, -0.05) is 49.4 Å². The lowest BCUT2D eigenvalue weighted by Crippen LogP contribution is -2.36. The Morgan fingerprint density at radius 2 is 1.72 bits per heavy atom. The van der Waals surface area contributed by atoms with E-state index in [1.54, 1.807) is 12.0 Å². The van der Waals surface area contributed by atoms with Gasteiger partial charge in [-0.15, -0.1) is 12.4 Å². The Bertz CT molecular complexity index is 688. The minimum absolute atomic E-state index is 0. The number of hydrogen-bond donors (Lipinski definition) is 1. The molecule has 2 atom stereocenters. The molecular formula is C20H27ClN2O2. The standard InChI is InChI=1S/C20H26N2O2.ClH/c1-14(13-21)20(23)22(3)15(2)16-9-11-17(12-10-16)18-7-5-6-8-19(18)24-4;/h5-12,14-15H,13,21H2,1-4H3;1H. The Hall–Kier alpha value is -2.04. The molecule has 136 valence electrons. The van der Waals surface area contributed by atoms with E-state index in [0.717, 1.165) is 22.4 Å². The molecule has 0 saturated carbocycles. The first-order valence-corrected chi connectivity index (χ1v) is 8.19. The number of rotatable bonds is 6. The number of carbonyl (C=O) groups excluding carboxylic acids is 1. The number of benzene rings is 2. The summed E-state index contributed by atoms with van der Waals surface area (Å²) in [5.74, 6) is 0.756. The average Bonchev–Trinajstić information content (AvgIpc) is 2.65. The van der Waals surface area contributed by atoms with E-state index in [1.165, 1.54) is 0 Å². The van der Waals surface area contributed by atoms with Gasteiger partial charge in [-0.3, -0.25) is 4.79 Å². The van der Waals surface area contributed by atoms with Crippen molar-refractivity contribution in [2.24, 2.45) is 11.7 Å². The van der Waals surface area contributed by atoms with Crippen LogP contribution in [0.15, 0.2) is 48.5 Å². The highest BCUT2D eigenvalue weighted by molar-refractivity contribution is 5.85. The van der Waals surface area contributed by atoms with Crippen molar-refractivity contribution in [2.45, 2.75) is 19.9 Å². The van der Waals surface area contributed by atoms with Gasteiger partial charge in [-0.25, -0.2) is 0 Å². The molecule has 2 unspecified atom stereocenters. The molecule has 1 amide bonds. The predicted molar refractivity (Wildman–Crippen MR) is 105 cm³/mol. The zero-order valence-electron chi connectivity index (χ0n) is 15.2. The lowest BCUT2D eigenvalue weighted by Gasteiger charge is -2.28. The van der Waals surface area contributed by atoms with Crippen molar-refractivity contribution < 1.29 is 9.53 Å². The first kappa shape index (κ1) is 21.0. The number of amides is 1. The maximum Gasteiger partial charge on any atom is 0.226 e. The van der Waals surface area contributed by atoms with Gasteiger partial charge in [0, 0.05) is 25.1 Å². The molecule has 0 heterocycles. The lowest BCUT2D eigenvalue weighted by atomic mass is 9.99. The summed E-state index contributed by atoms with van der Waals surface area (Å²) < 4.78 is 5.42. The predicted octanol–water partition coefficient (Wildman–Crippen LogP) is 3.90. The number of para-hydroxylation sites is 1. The zero-order chi connectivity index (χ0) is 17.7. The SMILES string of the molecule is COc1ccccc1-c1ccc(C(C)N(C)C(=O)C(C)CN)cc1.Cl. The van der Waals surface area contributed by atoms with Crippen molar-refractivity contribution in [2.75, 3.05) is 20.7 Å². The van der Waals surface area contributed by atoms with E-state index in [2.05, 4.69) is 24.3 Å². The van der Waals surface area contributed by atoms with Crippen LogP contribution in [0.4, 0.5) is 0 Å². The fourth-order valence-electron chi connectivity index (χ4n) is 2.69. The second-order valence-electron chi connectivity index (χ2n) is 6.08. The van der Waals surface area contributed by atoms with Gasteiger partial charge in [0.15, 0.2) is 0 Å². The summed E-state index contributed by atoms with van der Waals surface area (Å²) >= 11 is 0. The first-order valence-electron chi connectivity index (χ1n) is 8.19. The summed E-state index contributed by atoms with van der Waals surface area (Å²) in [6.07, 6.45) is 0. The van der Waals surface area contributed by atoms with Crippen LogP contribution < -0.4 is 10.5 Å². The largest absolute Gasteiger partial charge is 0.496 e. The Morgan fingerprint density at radius 1 is 1.12 bits per heavy atom. The van der Waals surface area contributed by atoms with E-state index in [0.29, 0.717) is 6.54 Å². The molecule has 25 heavy (non-hydrogen) atoms. The summed E-state index contributed by atoms with van der Waals surface area (Å²) in [5.41, 5.74) is 8.84. The van der Waals surface area contributed by atoms with Crippen molar-refractivity contribution in [3.8, 4) is 16.9 Å². The number of ether oxygens (including phenoxy) is 1. The maximum absolute atomic E-state index is 12.3. The Kier molecular flexibility index (Phi) is 7.94. The number of halogens is 1. The van der Waals surface area contributed by atoms with Crippen molar-refractivity contribution >= 4 is 18.3 Å². The molecular weight excluding hydrogens is 336 g/mol. The van der Waals surface area contributed by atoms with Crippen molar-refractivity contribution in [3.63, 3.8) is 0 Å².